The van der Waals surface area contributed by atoms with Crippen LogP contribution in [-0.4, -0.2) is 26.5 Å². The van der Waals surface area contributed by atoms with Gasteiger partial charge in [-0.1, -0.05) is 29.8 Å². The monoisotopic (exact) mass is 591 g/mol. The molecule has 0 spiro atoms. The van der Waals surface area contributed by atoms with Crippen LogP contribution in [0.15, 0.2) is 112 Å². The Balaban J connectivity index is 1.31. The lowest BCUT2D eigenvalue weighted by molar-refractivity contribution is 0.0733. The van der Waals surface area contributed by atoms with Gasteiger partial charge in [0.1, 0.15) is 5.75 Å². The molecule has 4 rings (SSSR count). The Kier molecular flexibility index (Phi) is 8.35. The van der Waals surface area contributed by atoms with Gasteiger partial charge in [-0.2, -0.15) is 5.10 Å². The summed E-state index contributed by atoms with van der Waals surface area (Å²) in [7, 11) is -3.74. The van der Waals surface area contributed by atoms with E-state index in [0.717, 1.165) is 5.56 Å². The van der Waals surface area contributed by atoms with Crippen molar-refractivity contribution in [3.8, 4) is 5.75 Å². The summed E-state index contributed by atoms with van der Waals surface area (Å²) < 4.78 is 33.6. The van der Waals surface area contributed by atoms with E-state index in [9.17, 15) is 18.0 Å². The molecule has 192 valence electrons. The fourth-order valence-corrected chi connectivity index (χ4v) is 4.77. The smallest absolute Gasteiger partial charge is 0.344 e. The van der Waals surface area contributed by atoms with Gasteiger partial charge in [0.25, 0.3) is 15.9 Å². The number of hydrazone groups is 1. The summed E-state index contributed by atoms with van der Waals surface area (Å²) in [5.74, 6) is -0.585. The topological polar surface area (TPSA) is 114 Å². The van der Waals surface area contributed by atoms with E-state index in [2.05, 4.69) is 31.2 Å². The van der Waals surface area contributed by atoms with E-state index in [-0.39, 0.29) is 4.90 Å². The number of rotatable bonds is 8. The summed E-state index contributed by atoms with van der Waals surface area (Å²) in [5.41, 5.74) is 5.09. The molecule has 2 N–H and O–H groups in total. The van der Waals surface area contributed by atoms with Gasteiger partial charge in [0, 0.05) is 15.7 Å². The highest BCUT2D eigenvalue weighted by Gasteiger charge is 2.14. The molecule has 0 unspecified atom stereocenters. The third-order valence-electron chi connectivity index (χ3n) is 5.29. The van der Waals surface area contributed by atoms with Gasteiger partial charge < -0.3 is 4.74 Å². The van der Waals surface area contributed by atoms with Crippen LogP contribution in [0.3, 0.4) is 0 Å². The van der Waals surface area contributed by atoms with Gasteiger partial charge in [0.05, 0.1) is 16.7 Å². The quantitative estimate of drug-likeness (QED) is 0.121. The number of carbonyl (C=O) groups excluding carboxylic acids is 2. The molecule has 0 atom stereocenters. The van der Waals surface area contributed by atoms with Gasteiger partial charge in [-0.25, -0.2) is 18.6 Å². The van der Waals surface area contributed by atoms with Crippen LogP contribution in [0.2, 0.25) is 0 Å². The molecule has 1 amide bonds. The Bertz CT molecular complexity index is 1590. The first-order chi connectivity index (χ1) is 18.2. The lowest BCUT2D eigenvalue weighted by atomic mass is 10.2. The maximum absolute atomic E-state index is 12.5. The molecule has 0 bridgehead atoms. The molecule has 0 saturated heterocycles. The molecular weight excluding hydrogens is 570 g/mol. The maximum atomic E-state index is 12.5. The number of benzene rings is 4. The normalized spacial score (nSPS) is 11.2. The Morgan fingerprint density at radius 2 is 1.53 bits per heavy atom. The maximum Gasteiger partial charge on any atom is 0.344 e. The predicted molar refractivity (Wildman–Crippen MR) is 149 cm³/mol. The standard InChI is InChI=1S/C28H22BrN3O5S/c1-19-6-16-24(17-7-19)38(35,36)32-22-12-10-21(11-13-22)27(33)31-30-18-20-8-14-23(15-9-20)37-28(34)25-4-2-3-5-26(25)29/h2-18,32H,1H3,(H,31,33)/b30-18+. The fraction of sp³-hybridized carbons (Fsp3) is 0.0357. The summed E-state index contributed by atoms with van der Waals surface area (Å²) in [6.45, 7) is 1.87. The van der Waals surface area contributed by atoms with Gasteiger partial charge in [-0.05, 0) is 101 Å². The van der Waals surface area contributed by atoms with Crippen LogP contribution < -0.4 is 14.9 Å². The van der Waals surface area contributed by atoms with Crippen molar-refractivity contribution in [2.45, 2.75) is 11.8 Å². The number of nitrogens with zero attached hydrogens (tertiary/aromatic N) is 1. The number of nitrogens with one attached hydrogen (secondary N) is 2. The summed E-state index contributed by atoms with van der Waals surface area (Å²) in [4.78, 5) is 24.9. The van der Waals surface area contributed by atoms with Crippen molar-refractivity contribution in [1.29, 1.82) is 0 Å². The molecule has 0 aliphatic carbocycles. The third kappa shape index (κ3) is 6.93. The van der Waals surface area contributed by atoms with Crippen molar-refractivity contribution in [2.75, 3.05) is 4.72 Å². The number of hydrogen-bond donors (Lipinski definition) is 2. The zero-order chi connectivity index (χ0) is 27.1. The van der Waals surface area contributed by atoms with E-state index < -0.39 is 21.9 Å². The lowest BCUT2D eigenvalue weighted by Crippen LogP contribution is -2.18. The molecule has 0 heterocycles. The number of sulfonamides is 1. The average Bonchev–Trinajstić information content (AvgIpc) is 2.90. The van der Waals surface area contributed by atoms with Gasteiger partial charge >= 0.3 is 5.97 Å². The van der Waals surface area contributed by atoms with Gasteiger partial charge in [0.15, 0.2) is 0 Å². The Morgan fingerprint density at radius 3 is 2.18 bits per heavy atom. The first-order valence-corrected chi connectivity index (χ1v) is 13.6. The highest BCUT2D eigenvalue weighted by molar-refractivity contribution is 9.10. The van der Waals surface area contributed by atoms with Crippen LogP contribution in [0.1, 0.15) is 31.8 Å². The van der Waals surface area contributed by atoms with Crippen molar-refractivity contribution < 1.29 is 22.7 Å². The fourth-order valence-electron chi connectivity index (χ4n) is 3.26. The second kappa shape index (κ2) is 11.8. The van der Waals surface area contributed by atoms with Crippen LogP contribution >= 0.6 is 15.9 Å². The molecule has 38 heavy (non-hydrogen) atoms. The number of anilines is 1. The minimum Gasteiger partial charge on any atom is -0.423 e. The Hall–Kier alpha value is -4.28. The first kappa shape index (κ1) is 26.8. The van der Waals surface area contributed by atoms with Crippen molar-refractivity contribution in [1.82, 2.24) is 5.43 Å². The van der Waals surface area contributed by atoms with Crippen molar-refractivity contribution >= 4 is 49.7 Å². The van der Waals surface area contributed by atoms with E-state index in [1.165, 1.54) is 42.6 Å². The van der Waals surface area contributed by atoms with Crippen molar-refractivity contribution in [2.24, 2.45) is 5.10 Å². The first-order valence-electron chi connectivity index (χ1n) is 11.3. The van der Waals surface area contributed by atoms with E-state index in [1.807, 2.05) is 6.92 Å². The van der Waals surface area contributed by atoms with Gasteiger partial charge in [0.2, 0.25) is 0 Å². The van der Waals surface area contributed by atoms with E-state index in [4.69, 9.17) is 4.74 Å². The molecule has 10 heteroatoms. The van der Waals surface area contributed by atoms with Crippen LogP contribution in [0.5, 0.6) is 5.75 Å². The number of aryl methyl sites for hydroxylation is 1. The summed E-state index contributed by atoms with van der Waals surface area (Å²) in [6, 6.07) is 26.1. The molecule has 8 nitrogen and oxygen atoms in total. The molecule has 0 aromatic heterocycles. The van der Waals surface area contributed by atoms with Crippen LogP contribution in [0, 0.1) is 6.92 Å². The number of amides is 1. The predicted octanol–water partition coefficient (Wildman–Crippen LogP) is 5.54. The van der Waals surface area contributed by atoms with Crippen molar-refractivity contribution in [3.05, 3.63) is 124 Å². The van der Waals surface area contributed by atoms with Gasteiger partial charge in [-0.15, -0.1) is 0 Å². The molecule has 0 fully saturated rings. The summed E-state index contributed by atoms with van der Waals surface area (Å²) in [5, 5.41) is 3.95. The number of carbonyl (C=O) groups is 2. The van der Waals surface area contributed by atoms with Gasteiger partial charge in [-0.3, -0.25) is 9.52 Å². The minimum atomic E-state index is -3.74. The molecule has 0 aliphatic rings. The van der Waals surface area contributed by atoms with Crippen LogP contribution in [0.4, 0.5) is 5.69 Å². The average molecular weight is 592 g/mol. The molecule has 4 aromatic rings. The van der Waals surface area contributed by atoms with E-state index in [1.54, 1.807) is 60.7 Å². The zero-order valence-corrected chi connectivity index (χ0v) is 22.5. The Labute approximate surface area is 228 Å². The second-order valence-electron chi connectivity index (χ2n) is 8.13. The van der Waals surface area contributed by atoms with Crippen LogP contribution in [-0.2, 0) is 10.0 Å². The number of halogens is 1. The molecule has 0 saturated carbocycles. The molecule has 4 aromatic carbocycles. The zero-order valence-electron chi connectivity index (χ0n) is 20.1. The largest absolute Gasteiger partial charge is 0.423 e. The van der Waals surface area contributed by atoms with E-state index in [0.29, 0.717) is 32.6 Å². The molecular formula is C28H22BrN3O5S. The SMILES string of the molecule is Cc1ccc(S(=O)(=O)Nc2ccc(C(=O)N/N=C/c3ccc(OC(=O)c4ccccc4Br)cc3)cc2)cc1. The highest BCUT2D eigenvalue weighted by atomic mass is 79.9. The minimum absolute atomic E-state index is 0.148. The number of esters is 1. The number of hydrogen-bond acceptors (Lipinski definition) is 6. The Morgan fingerprint density at radius 1 is 0.868 bits per heavy atom. The van der Waals surface area contributed by atoms with Crippen LogP contribution in [0.25, 0.3) is 0 Å². The third-order valence-corrected chi connectivity index (χ3v) is 7.38. The lowest BCUT2D eigenvalue weighted by Gasteiger charge is -2.09. The van der Waals surface area contributed by atoms with E-state index >= 15 is 0 Å². The second-order valence-corrected chi connectivity index (χ2v) is 10.7. The summed E-state index contributed by atoms with van der Waals surface area (Å²) in [6.07, 6.45) is 1.45. The molecule has 0 aliphatic heterocycles. The highest BCUT2D eigenvalue weighted by Crippen LogP contribution is 2.20. The summed E-state index contributed by atoms with van der Waals surface area (Å²) >= 11 is 3.32. The molecule has 0 radical (unpaired) electrons. The number of ether oxygens (including phenoxy) is 1. The van der Waals surface area contributed by atoms with Crippen molar-refractivity contribution in [3.63, 3.8) is 0 Å².